The van der Waals surface area contributed by atoms with Crippen molar-refractivity contribution in [2.45, 2.75) is 0 Å². The predicted octanol–water partition coefficient (Wildman–Crippen LogP) is -1.53. The molecule has 0 aromatic heterocycles. The summed E-state index contributed by atoms with van der Waals surface area (Å²) in [7, 11) is 0.380. The van der Waals surface area contributed by atoms with Gasteiger partial charge in [0.25, 0.3) is 0 Å². The number of hydrogen-bond donors (Lipinski definition) is 0. The zero-order valence-electron chi connectivity index (χ0n) is 5.45. The molecule has 0 spiro atoms. The SMILES string of the molecule is CP(C)C.[H-].[Li+]. The second-order valence-corrected chi connectivity index (χ2v) is 4.02. The Morgan fingerprint density at radius 1 is 1.20 bits per heavy atom. The van der Waals surface area contributed by atoms with Crippen LogP contribution in [-0.4, -0.2) is 20.0 Å². The van der Waals surface area contributed by atoms with E-state index in [1.54, 1.807) is 0 Å². The predicted molar refractivity (Wildman–Crippen MR) is 25.8 cm³/mol. The summed E-state index contributed by atoms with van der Waals surface area (Å²) >= 11 is 0. The Bertz CT molecular complexity index is 15.5. The van der Waals surface area contributed by atoms with Crippen LogP contribution >= 0.6 is 7.92 Å². The molecule has 0 atom stereocenters. The van der Waals surface area contributed by atoms with Gasteiger partial charge < -0.3 is 1.43 Å². The summed E-state index contributed by atoms with van der Waals surface area (Å²) in [5.74, 6) is 0. The van der Waals surface area contributed by atoms with Crippen molar-refractivity contribution < 1.29 is 20.3 Å². The van der Waals surface area contributed by atoms with E-state index in [1.165, 1.54) is 0 Å². The Labute approximate surface area is 48.8 Å². The van der Waals surface area contributed by atoms with E-state index < -0.39 is 0 Å². The molecule has 0 saturated carbocycles. The van der Waals surface area contributed by atoms with Crippen LogP contribution in [0.2, 0.25) is 0 Å². The number of hydrogen-bond acceptors (Lipinski definition) is 0. The Morgan fingerprint density at radius 3 is 1.20 bits per heavy atom. The minimum absolute atomic E-state index is 0. The molecule has 0 nitrogen and oxygen atoms in total. The molecule has 0 aromatic rings. The summed E-state index contributed by atoms with van der Waals surface area (Å²) in [6.07, 6.45) is 0. The van der Waals surface area contributed by atoms with Crippen LogP contribution in [0.15, 0.2) is 0 Å². The molecule has 0 radical (unpaired) electrons. The van der Waals surface area contributed by atoms with Crippen molar-refractivity contribution in [3.05, 3.63) is 0 Å². The van der Waals surface area contributed by atoms with Gasteiger partial charge in [-0.05, 0) is 20.0 Å². The fraction of sp³-hybridized carbons (Fsp3) is 1.00. The Morgan fingerprint density at radius 2 is 1.20 bits per heavy atom. The third-order valence-corrected chi connectivity index (χ3v) is 0. The van der Waals surface area contributed by atoms with Crippen LogP contribution in [0.5, 0.6) is 0 Å². The summed E-state index contributed by atoms with van der Waals surface area (Å²) < 4.78 is 0. The van der Waals surface area contributed by atoms with Crippen molar-refractivity contribution in [1.82, 2.24) is 0 Å². The zero-order chi connectivity index (χ0) is 3.58. The van der Waals surface area contributed by atoms with E-state index in [0.717, 1.165) is 0 Å². The first kappa shape index (κ1) is 9.39. The molecular formula is C3H10LiP. The smallest absolute Gasteiger partial charge is 1.00 e. The third kappa shape index (κ3) is 43.7. The Hall–Kier alpha value is 1.03. The van der Waals surface area contributed by atoms with Gasteiger partial charge in [-0.25, -0.2) is 0 Å². The molecule has 0 aliphatic heterocycles. The van der Waals surface area contributed by atoms with Crippen LogP contribution in [0.4, 0.5) is 0 Å². The summed E-state index contributed by atoms with van der Waals surface area (Å²) in [6.45, 7) is 6.69. The molecule has 0 rings (SSSR count). The van der Waals surface area contributed by atoms with Crippen molar-refractivity contribution >= 4 is 7.92 Å². The second-order valence-electron chi connectivity index (χ2n) is 1.34. The van der Waals surface area contributed by atoms with Crippen LogP contribution in [0, 0.1) is 0 Å². The van der Waals surface area contributed by atoms with Gasteiger partial charge in [-0.15, -0.1) is 7.92 Å². The van der Waals surface area contributed by atoms with E-state index >= 15 is 0 Å². The molecule has 5 heavy (non-hydrogen) atoms. The van der Waals surface area contributed by atoms with Gasteiger partial charge >= 0.3 is 18.9 Å². The fourth-order valence-corrected chi connectivity index (χ4v) is 0. The van der Waals surface area contributed by atoms with Crippen LogP contribution in [-0.2, 0) is 0 Å². The van der Waals surface area contributed by atoms with E-state index in [1.807, 2.05) is 0 Å². The molecule has 0 bridgehead atoms. The van der Waals surface area contributed by atoms with Gasteiger partial charge in [0.1, 0.15) is 0 Å². The minimum atomic E-state index is 0. The molecule has 0 saturated heterocycles. The van der Waals surface area contributed by atoms with Gasteiger partial charge in [-0.3, -0.25) is 0 Å². The minimum Gasteiger partial charge on any atom is -1.00 e. The zero-order valence-corrected chi connectivity index (χ0v) is 5.34. The molecule has 0 unspecified atom stereocenters. The summed E-state index contributed by atoms with van der Waals surface area (Å²) in [4.78, 5) is 0. The maximum atomic E-state index is 2.23. The molecule has 2 heteroatoms. The first-order valence-electron chi connectivity index (χ1n) is 1.34. The van der Waals surface area contributed by atoms with Gasteiger partial charge in [-0.2, -0.15) is 0 Å². The van der Waals surface area contributed by atoms with E-state index in [4.69, 9.17) is 0 Å². The molecule has 0 fully saturated rings. The fourth-order valence-electron chi connectivity index (χ4n) is 0. The van der Waals surface area contributed by atoms with Gasteiger partial charge in [0.15, 0.2) is 0 Å². The normalized spacial score (nSPS) is 7.20. The third-order valence-electron chi connectivity index (χ3n) is 0. The average molecular weight is 84.0 g/mol. The quantitative estimate of drug-likeness (QED) is 0.247. The van der Waals surface area contributed by atoms with Crippen LogP contribution < -0.4 is 18.9 Å². The summed E-state index contributed by atoms with van der Waals surface area (Å²) in [5.41, 5.74) is 0. The first-order chi connectivity index (χ1) is 1.73. The topological polar surface area (TPSA) is 0 Å². The monoisotopic (exact) mass is 84.1 g/mol. The van der Waals surface area contributed by atoms with E-state index in [0.29, 0.717) is 7.92 Å². The van der Waals surface area contributed by atoms with E-state index in [-0.39, 0.29) is 20.3 Å². The largest absolute Gasteiger partial charge is 1.00 e. The van der Waals surface area contributed by atoms with Crippen molar-refractivity contribution in [3.63, 3.8) is 0 Å². The number of rotatable bonds is 0. The molecule has 0 aliphatic rings. The molecule has 0 aromatic carbocycles. The van der Waals surface area contributed by atoms with Crippen LogP contribution in [0.3, 0.4) is 0 Å². The molecule has 0 heterocycles. The van der Waals surface area contributed by atoms with Crippen molar-refractivity contribution in [3.8, 4) is 0 Å². The van der Waals surface area contributed by atoms with Gasteiger partial charge in [0, 0.05) is 0 Å². The summed E-state index contributed by atoms with van der Waals surface area (Å²) in [5, 5.41) is 0. The van der Waals surface area contributed by atoms with Crippen molar-refractivity contribution in [2.75, 3.05) is 20.0 Å². The molecule has 0 aliphatic carbocycles. The first-order valence-corrected chi connectivity index (χ1v) is 4.02. The van der Waals surface area contributed by atoms with E-state index in [9.17, 15) is 0 Å². The Kier molecular flexibility index (Phi) is 9.44. The standard InChI is InChI=1S/C3H9P.Li.H/c1-4(2)3;;/h1-3H3;;/q;+1;-1. The maximum absolute atomic E-state index is 2.23. The second kappa shape index (κ2) is 5.03. The van der Waals surface area contributed by atoms with Crippen LogP contribution in [0.25, 0.3) is 0 Å². The molecule has 0 N–H and O–H groups in total. The molecule has 0 amide bonds. The van der Waals surface area contributed by atoms with Gasteiger partial charge in [0.05, 0.1) is 0 Å². The maximum Gasteiger partial charge on any atom is 1.00 e. The molecular weight excluding hydrogens is 73.9 g/mol. The van der Waals surface area contributed by atoms with Crippen molar-refractivity contribution in [1.29, 1.82) is 0 Å². The van der Waals surface area contributed by atoms with E-state index in [2.05, 4.69) is 20.0 Å². The van der Waals surface area contributed by atoms with Gasteiger partial charge in [-0.1, -0.05) is 0 Å². The summed E-state index contributed by atoms with van der Waals surface area (Å²) in [6, 6.07) is 0. The van der Waals surface area contributed by atoms with Crippen LogP contribution in [0.1, 0.15) is 1.43 Å². The molecule has 28 valence electrons. The average Bonchev–Trinajstić information content (AvgIpc) is 0.811. The van der Waals surface area contributed by atoms with Crippen molar-refractivity contribution in [2.24, 2.45) is 0 Å². The van der Waals surface area contributed by atoms with Gasteiger partial charge in [0.2, 0.25) is 0 Å². The Balaban J connectivity index is -0.0000000450.